The number of alkyl halides is 1. The van der Waals surface area contributed by atoms with Crippen molar-refractivity contribution in [2.24, 2.45) is 5.92 Å². The van der Waals surface area contributed by atoms with Crippen LogP contribution in [-0.2, 0) is 19.0 Å². The standard InChI is InChI=1S/C20H22ClN3/c21-12-20-22-18-8-4-5-9-19(18)24(20)15-17-10-11-23(14-17)13-16-6-2-1-3-7-16/h1-9,17H,10-15H2/t17-/m0/s1. The fourth-order valence-corrected chi connectivity index (χ4v) is 3.94. The average Bonchev–Trinajstić information content (AvgIpc) is 3.21. The number of likely N-dealkylation sites (tertiary alicyclic amines) is 1. The molecule has 0 spiro atoms. The second kappa shape index (κ2) is 6.96. The zero-order valence-corrected chi connectivity index (χ0v) is 14.5. The Labute approximate surface area is 147 Å². The number of halogens is 1. The lowest BCUT2D eigenvalue weighted by Gasteiger charge is -2.17. The van der Waals surface area contributed by atoms with E-state index in [4.69, 9.17) is 11.6 Å². The van der Waals surface area contributed by atoms with Crippen LogP contribution in [0.25, 0.3) is 11.0 Å². The molecule has 0 unspecified atom stereocenters. The molecule has 1 aromatic heterocycles. The molecule has 0 saturated carbocycles. The maximum Gasteiger partial charge on any atom is 0.124 e. The second-order valence-electron chi connectivity index (χ2n) is 6.64. The Bertz CT molecular complexity index is 812. The van der Waals surface area contributed by atoms with Crippen molar-refractivity contribution >= 4 is 22.6 Å². The Kier molecular flexibility index (Phi) is 4.54. The first-order chi connectivity index (χ1) is 11.8. The quantitative estimate of drug-likeness (QED) is 0.646. The molecule has 4 rings (SSSR count). The number of aromatic nitrogens is 2. The fraction of sp³-hybridized carbons (Fsp3) is 0.350. The summed E-state index contributed by atoms with van der Waals surface area (Å²) in [6.45, 7) is 4.36. The van der Waals surface area contributed by atoms with Crippen LogP contribution in [0.4, 0.5) is 0 Å². The minimum atomic E-state index is 0.467. The topological polar surface area (TPSA) is 21.1 Å². The van der Waals surface area contributed by atoms with Crippen molar-refractivity contribution < 1.29 is 0 Å². The van der Waals surface area contributed by atoms with Gasteiger partial charge in [0.25, 0.3) is 0 Å². The molecule has 1 aliphatic rings. The van der Waals surface area contributed by atoms with Crippen LogP contribution in [0.1, 0.15) is 17.8 Å². The number of imidazole rings is 1. The zero-order valence-electron chi connectivity index (χ0n) is 13.7. The van der Waals surface area contributed by atoms with Crippen molar-refractivity contribution in [3.05, 3.63) is 66.0 Å². The maximum absolute atomic E-state index is 6.13. The molecule has 1 atom stereocenters. The van der Waals surface area contributed by atoms with E-state index >= 15 is 0 Å². The van der Waals surface area contributed by atoms with Gasteiger partial charge in [-0.05, 0) is 36.6 Å². The van der Waals surface area contributed by atoms with Crippen molar-refractivity contribution in [3.63, 3.8) is 0 Å². The van der Waals surface area contributed by atoms with Crippen LogP contribution >= 0.6 is 11.6 Å². The molecule has 0 bridgehead atoms. The van der Waals surface area contributed by atoms with E-state index in [-0.39, 0.29) is 0 Å². The monoisotopic (exact) mass is 339 g/mol. The van der Waals surface area contributed by atoms with Crippen LogP contribution in [0.5, 0.6) is 0 Å². The molecule has 4 heteroatoms. The van der Waals surface area contributed by atoms with E-state index in [2.05, 4.69) is 63.0 Å². The molecular formula is C20H22ClN3. The van der Waals surface area contributed by atoms with Gasteiger partial charge in [-0.3, -0.25) is 4.90 Å². The summed E-state index contributed by atoms with van der Waals surface area (Å²) in [5.41, 5.74) is 3.65. The van der Waals surface area contributed by atoms with Crippen molar-refractivity contribution in [1.82, 2.24) is 14.5 Å². The van der Waals surface area contributed by atoms with E-state index in [1.807, 2.05) is 6.07 Å². The average molecular weight is 340 g/mol. The molecule has 0 N–H and O–H groups in total. The molecule has 124 valence electrons. The van der Waals surface area contributed by atoms with Gasteiger partial charge in [0.05, 0.1) is 16.9 Å². The number of hydrogen-bond donors (Lipinski definition) is 0. The number of para-hydroxylation sites is 2. The molecule has 0 radical (unpaired) electrons. The lowest BCUT2D eigenvalue weighted by molar-refractivity contribution is 0.309. The molecule has 1 saturated heterocycles. The molecule has 3 aromatic rings. The molecule has 0 aliphatic carbocycles. The van der Waals surface area contributed by atoms with E-state index in [9.17, 15) is 0 Å². The van der Waals surface area contributed by atoms with Gasteiger partial charge in [0.15, 0.2) is 0 Å². The summed E-state index contributed by atoms with van der Waals surface area (Å²) >= 11 is 6.13. The third-order valence-electron chi connectivity index (χ3n) is 4.91. The Balaban J connectivity index is 1.47. The summed E-state index contributed by atoms with van der Waals surface area (Å²) in [7, 11) is 0. The number of fused-ring (bicyclic) bond motifs is 1. The van der Waals surface area contributed by atoms with Gasteiger partial charge in [-0.25, -0.2) is 4.98 Å². The van der Waals surface area contributed by atoms with Gasteiger partial charge in [-0.15, -0.1) is 11.6 Å². The molecule has 24 heavy (non-hydrogen) atoms. The number of benzene rings is 2. The molecule has 1 fully saturated rings. The van der Waals surface area contributed by atoms with E-state index in [1.54, 1.807) is 0 Å². The smallest absolute Gasteiger partial charge is 0.124 e. The van der Waals surface area contributed by atoms with Crippen molar-refractivity contribution in [2.75, 3.05) is 13.1 Å². The third kappa shape index (κ3) is 3.19. The highest BCUT2D eigenvalue weighted by Gasteiger charge is 2.24. The first-order valence-electron chi connectivity index (χ1n) is 8.60. The maximum atomic E-state index is 6.13. The van der Waals surface area contributed by atoms with Crippen LogP contribution in [-0.4, -0.2) is 27.5 Å². The Morgan fingerprint density at radius 3 is 2.67 bits per heavy atom. The van der Waals surface area contributed by atoms with Gasteiger partial charge in [-0.1, -0.05) is 42.5 Å². The fourth-order valence-electron chi connectivity index (χ4n) is 3.74. The van der Waals surface area contributed by atoms with E-state index < -0.39 is 0 Å². The molecule has 2 heterocycles. The summed E-state index contributed by atoms with van der Waals surface area (Å²) in [6, 6.07) is 19.1. The number of nitrogens with zero attached hydrogens (tertiary/aromatic N) is 3. The first kappa shape index (κ1) is 15.7. The summed E-state index contributed by atoms with van der Waals surface area (Å²) in [5, 5.41) is 0. The van der Waals surface area contributed by atoms with E-state index in [1.165, 1.54) is 24.0 Å². The summed E-state index contributed by atoms with van der Waals surface area (Å²) in [6.07, 6.45) is 1.24. The predicted molar refractivity (Wildman–Crippen MR) is 99.1 cm³/mol. The van der Waals surface area contributed by atoms with Gasteiger partial charge in [0, 0.05) is 19.6 Å². The van der Waals surface area contributed by atoms with E-state index in [0.29, 0.717) is 11.8 Å². The Hall–Kier alpha value is -1.84. The van der Waals surface area contributed by atoms with Crippen LogP contribution in [0.3, 0.4) is 0 Å². The van der Waals surface area contributed by atoms with Gasteiger partial charge >= 0.3 is 0 Å². The number of hydrogen-bond acceptors (Lipinski definition) is 2. The largest absolute Gasteiger partial charge is 0.327 e. The molecule has 2 aromatic carbocycles. The lowest BCUT2D eigenvalue weighted by Crippen LogP contribution is -2.21. The highest BCUT2D eigenvalue weighted by atomic mass is 35.5. The van der Waals surface area contributed by atoms with Gasteiger partial charge in [0.2, 0.25) is 0 Å². The summed E-state index contributed by atoms with van der Waals surface area (Å²) < 4.78 is 2.32. The van der Waals surface area contributed by atoms with Gasteiger partial charge < -0.3 is 4.57 Å². The highest BCUT2D eigenvalue weighted by molar-refractivity contribution is 6.16. The van der Waals surface area contributed by atoms with Crippen LogP contribution < -0.4 is 0 Å². The second-order valence-corrected chi connectivity index (χ2v) is 6.90. The molecular weight excluding hydrogens is 318 g/mol. The zero-order chi connectivity index (χ0) is 16.4. The van der Waals surface area contributed by atoms with Crippen LogP contribution in [0.2, 0.25) is 0 Å². The third-order valence-corrected chi connectivity index (χ3v) is 5.15. The minimum Gasteiger partial charge on any atom is -0.327 e. The lowest BCUT2D eigenvalue weighted by atomic mass is 10.1. The summed E-state index contributed by atoms with van der Waals surface area (Å²) in [4.78, 5) is 7.23. The first-order valence-corrected chi connectivity index (χ1v) is 9.13. The van der Waals surface area contributed by atoms with Crippen molar-refractivity contribution in [2.45, 2.75) is 25.4 Å². The number of rotatable bonds is 5. The van der Waals surface area contributed by atoms with Crippen molar-refractivity contribution in [1.29, 1.82) is 0 Å². The van der Waals surface area contributed by atoms with Gasteiger partial charge in [0.1, 0.15) is 5.82 Å². The summed E-state index contributed by atoms with van der Waals surface area (Å²) in [5.74, 6) is 2.11. The van der Waals surface area contributed by atoms with Crippen LogP contribution in [0.15, 0.2) is 54.6 Å². The minimum absolute atomic E-state index is 0.467. The highest BCUT2D eigenvalue weighted by Crippen LogP contribution is 2.24. The van der Waals surface area contributed by atoms with Crippen LogP contribution in [0, 0.1) is 5.92 Å². The Morgan fingerprint density at radius 1 is 1.04 bits per heavy atom. The normalized spacial score (nSPS) is 18.5. The predicted octanol–water partition coefficient (Wildman–Crippen LogP) is 4.30. The van der Waals surface area contributed by atoms with E-state index in [0.717, 1.165) is 31.0 Å². The van der Waals surface area contributed by atoms with Crippen molar-refractivity contribution in [3.8, 4) is 0 Å². The molecule has 0 amide bonds. The molecule has 3 nitrogen and oxygen atoms in total. The Morgan fingerprint density at radius 2 is 1.83 bits per heavy atom. The molecule has 1 aliphatic heterocycles. The van der Waals surface area contributed by atoms with Gasteiger partial charge in [-0.2, -0.15) is 0 Å². The SMILES string of the molecule is ClCc1nc2ccccc2n1C[C@H]1CCN(Cc2ccccc2)C1.